The fourth-order valence-corrected chi connectivity index (χ4v) is 4.37. The van der Waals surface area contributed by atoms with Crippen molar-refractivity contribution in [2.24, 2.45) is 0 Å². The van der Waals surface area contributed by atoms with E-state index in [1.807, 2.05) is 24.3 Å². The number of thiol groups is 1. The van der Waals surface area contributed by atoms with Gasteiger partial charge in [-0.2, -0.15) is 25.8 Å². The van der Waals surface area contributed by atoms with Gasteiger partial charge in [-0.05, 0) is 12.1 Å². The monoisotopic (exact) mass is 421 g/mol. The van der Waals surface area contributed by atoms with Gasteiger partial charge in [0.2, 0.25) is 0 Å². The highest BCUT2D eigenvalue weighted by atomic mass is 32.1. The molecule has 0 spiro atoms. The summed E-state index contributed by atoms with van der Waals surface area (Å²) in [6.07, 6.45) is -3.22. The Bertz CT molecular complexity index is 1050. The maximum absolute atomic E-state index is 13.1. The van der Waals surface area contributed by atoms with Crippen molar-refractivity contribution in [3.8, 4) is 5.75 Å². The van der Waals surface area contributed by atoms with Gasteiger partial charge in [0.25, 0.3) is 0 Å². The van der Waals surface area contributed by atoms with Crippen molar-refractivity contribution in [2.45, 2.75) is 23.5 Å². The van der Waals surface area contributed by atoms with Crippen LogP contribution < -0.4 is 10.1 Å². The van der Waals surface area contributed by atoms with Gasteiger partial charge >= 0.3 is 6.18 Å². The van der Waals surface area contributed by atoms with Gasteiger partial charge in [-0.15, -0.1) is 0 Å². The highest BCUT2D eigenvalue weighted by Crippen LogP contribution is 2.39. The van der Waals surface area contributed by atoms with E-state index in [0.29, 0.717) is 23.1 Å². The Hall–Kier alpha value is -2.46. The van der Waals surface area contributed by atoms with E-state index in [9.17, 15) is 13.2 Å². The average Bonchev–Trinajstić information content (AvgIpc) is 3.12. The summed E-state index contributed by atoms with van der Waals surface area (Å²) >= 11 is 4.49. The van der Waals surface area contributed by atoms with Crippen molar-refractivity contribution < 1.29 is 17.9 Å². The highest BCUT2D eigenvalue weighted by Gasteiger charge is 2.40. The van der Waals surface area contributed by atoms with Crippen LogP contribution in [0.2, 0.25) is 0 Å². The molecular formula is C19H18F3N5OS. The average molecular weight is 421 g/mol. The number of fused-ring (bicyclic) bond motifs is 2. The van der Waals surface area contributed by atoms with Crippen molar-refractivity contribution in [3.63, 3.8) is 0 Å². The van der Waals surface area contributed by atoms with Crippen LogP contribution in [0, 0.1) is 0 Å². The normalized spacial score (nSPS) is 22.8. The van der Waals surface area contributed by atoms with Crippen LogP contribution in [-0.4, -0.2) is 50.8 Å². The lowest BCUT2D eigenvalue weighted by Gasteiger charge is -2.47. The van der Waals surface area contributed by atoms with Crippen LogP contribution in [0.3, 0.4) is 0 Å². The van der Waals surface area contributed by atoms with Gasteiger partial charge in [-0.3, -0.25) is 4.90 Å². The molecule has 152 valence electrons. The molecule has 29 heavy (non-hydrogen) atoms. The summed E-state index contributed by atoms with van der Waals surface area (Å²) in [5.41, 5.74) is 0.247. The second kappa shape index (κ2) is 6.81. The molecule has 2 unspecified atom stereocenters. The van der Waals surface area contributed by atoms with E-state index in [2.05, 4.69) is 37.8 Å². The standard InChI is InChI=1S/C19H18F3N5OS/c20-19(21,22)15-5-12-17(25-15)23-9-24-18(12)26-16-11-3-1-2-4-14(11)28-8-13(16)27-6-10(29)7-27/h1-5,9-10,13,16,29H,6-8H2,(H2,23,24,25,26). The Morgan fingerprint density at radius 1 is 1.21 bits per heavy atom. The van der Waals surface area contributed by atoms with Gasteiger partial charge < -0.3 is 15.0 Å². The van der Waals surface area contributed by atoms with Gasteiger partial charge in [0.15, 0.2) is 0 Å². The summed E-state index contributed by atoms with van der Waals surface area (Å²) in [5, 5.41) is 3.99. The predicted molar refractivity (Wildman–Crippen MR) is 105 cm³/mol. The maximum atomic E-state index is 13.1. The summed E-state index contributed by atoms with van der Waals surface area (Å²) in [6, 6.07) is 8.55. The minimum Gasteiger partial charge on any atom is -0.491 e. The first-order chi connectivity index (χ1) is 13.9. The van der Waals surface area contributed by atoms with E-state index in [1.54, 1.807) is 0 Å². The van der Waals surface area contributed by atoms with E-state index in [1.165, 1.54) is 6.33 Å². The number of benzene rings is 1. The van der Waals surface area contributed by atoms with E-state index in [4.69, 9.17) is 4.74 Å². The lowest BCUT2D eigenvalue weighted by molar-refractivity contribution is -0.140. The SMILES string of the molecule is FC(F)(F)c1cc2c(NC3c4ccccc4OCC3N3CC(S)C3)ncnc2[nH]1. The first-order valence-corrected chi connectivity index (χ1v) is 9.73. The maximum Gasteiger partial charge on any atom is 0.431 e. The molecule has 6 nitrogen and oxygen atoms in total. The molecule has 0 aliphatic carbocycles. The molecule has 4 heterocycles. The van der Waals surface area contributed by atoms with Gasteiger partial charge in [-0.1, -0.05) is 18.2 Å². The number of likely N-dealkylation sites (tertiary alicyclic amines) is 1. The molecule has 5 rings (SSSR count). The zero-order valence-corrected chi connectivity index (χ0v) is 16.0. The van der Waals surface area contributed by atoms with Crippen molar-refractivity contribution in [1.29, 1.82) is 0 Å². The van der Waals surface area contributed by atoms with Crippen molar-refractivity contribution in [3.05, 3.63) is 47.9 Å². The second-order valence-electron chi connectivity index (χ2n) is 7.31. The van der Waals surface area contributed by atoms with Crippen molar-refractivity contribution in [2.75, 3.05) is 25.0 Å². The first kappa shape index (κ1) is 18.6. The summed E-state index contributed by atoms with van der Waals surface area (Å²) in [6.45, 7) is 2.14. The zero-order chi connectivity index (χ0) is 20.2. The number of para-hydroxylation sites is 1. The largest absolute Gasteiger partial charge is 0.491 e. The minimum atomic E-state index is -4.48. The minimum absolute atomic E-state index is 0.0133. The van der Waals surface area contributed by atoms with Gasteiger partial charge in [0, 0.05) is 23.9 Å². The van der Waals surface area contributed by atoms with Crippen LogP contribution in [-0.2, 0) is 6.18 Å². The van der Waals surface area contributed by atoms with Crippen LogP contribution >= 0.6 is 12.6 Å². The molecule has 0 amide bonds. The number of alkyl halides is 3. The molecule has 0 bridgehead atoms. The van der Waals surface area contributed by atoms with Crippen LogP contribution in [0.5, 0.6) is 5.75 Å². The number of hydrogen-bond acceptors (Lipinski definition) is 6. The number of nitrogens with zero attached hydrogens (tertiary/aromatic N) is 3. The molecule has 0 radical (unpaired) electrons. The number of ether oxygens (including phenoxy) is 1. The Morgan fingerprint density at radius 3 is 2.76 bits per heavy atom. The number of rotatable bonds is 3. The molecule has 1 saturated heterocycles. The third-order valence-electron chi connectivity index (χ3n) is 5.43. The zero-order valence-electron chi connectivity index (χ0n) is 15.1. The van der Waals surface area contributed by atoms with Crippen LogP contribution in [0.25, 0.3) is 11.0 Å². The molecule has 1 fully saturated rings. The number of aromatic nitrogens is 3. The van der Waals surface area contributed by atoms with E-state index in [0.717, 1.165) is 30.5 Å². The molecule has 2 N–H and O–H groups in total. The smallest absolute Gasteiger partial charge is 0.431 e. The summed E-state index contributed by atoms with van der Waals surface area (Å²) < 4.78 is 45.4. The Kier molecular flexibility index (Phi) is 4.36. The van der Waals surface area contributed by atoms with E-state index >= 15 is 0 Å². The van der Waals surface area contributed by atoms with Crippen molar-refractivity contribution >= 4 is 29.5 Å². The van der Waals surface area contributed by atoms with Crippen LogP contribution in [0.4, 0.5) is 19.0 Å². The third-order valence-corrected chi connectivity index (χ3v) is 5.76. The summed E-state index contributed by atoms with van der Waals surface area (Å²) in [7, 11) is 0. The number of H-pyrrole nitrogens is 1. The molecule has 3 aromatic rings. The van der Waals surface area contributed by atoms with Gasteiger partial charge in [0.05, 0.1) is 17.5 Å². The fraction of sp³-hybridized carbons (Fsp3) is 0.368. The Labute approximate surface area is 169 Å². The first-order valence-electron chi connectivity index (χ1n) is 9.21. The number of aromatic amines is 1. The Morgan fingerprint density at radius 2 is 2.00 bits per heavy atom. The lowest BCUT2D eigenvalue weighted by Crippen LogP contribution is -2.58. The topological polar surface area (TPSA) is 66.1 Å². The van der Waals surface area contributed by atoms with Crippen molar-refractivity contribution in [1.82, 2.24) is 19.9 Å². The third kappa shape index (κ3) is 3.29. The molecule has 2 aromatic heterocycles. The predicted octanol–water partition coefficient (Wildman–Crippen LogP) is 3.50. The highest BCUT2D eigenvalue weighted by molar-refractivity contribution is 7.81. The second-order valence-corrected chi connectivity index (χ2v) is 8.04. The molecular weight excluding hydrogens is 403 g/mol. The molecule has 2 atom stereocenters. The van der Waals surface area contributed by atoms with Gasteiger partial charge in [-0.25, -0.2) is 9.97 Å². The van der Waals surface area contributed by atoms with Crippen LogP contribution in [0.15, 0.2) is 36.7 Å². The molecule has 0 saturated carbocycles. The number of anilines is 1. The quantitative estimate of drug-likeness (QED) is 0.565. The van der Waals surface area contributed by atoms with E-state index in [-0.39, 0.29) is 17.7 Å². The van der Waals surface area contributed by atoms with Gasteiger partial charge in [0.1, 0.15) is 35.8 Å². The number of hydrogen-bond donors (Lipinski definition) is 3. The molecule has 1 aromatic carbocycles. The summed E-state index contributed by atoms with van der Waals surface area (Å²) in [4.78, 5) is 12.8. The number of halogens is 3. The fourth-order valence-electron chi connectivity index (χ4n) is 3.95. The van der Waals surface area contributed by atoms with E-state index < -0.39 is 11.9 Å². The Balaban J connectivity index is 1.54. The molecule has 10 heteroatoms. The molecule has 2 aliphatic heterocycles. The lowest BCUT2D eigenvalue weighted by atomic mass is 9.93. The van der Waals surface area contributed by atoms with Crippen LogP contribution in [0.1, 0.15) is 17.3 Å². The summed E-state index contributed by atoms with van der Waals surface area (Å²) in [5.74, 6) is 1.12. The molecule has 2 aliphatic rings. The number of nitrogens with one attached hydrogen (secondary N) is 2.